The van der Waals surface area contributed by atoms with Gasteiger partial charge in [0.15, 0.2) is 0 Å². The molecule has 0 bridgehead atoms. The average Bonchev–Trinajstić information content (AvgIpc) is 2.32. The Morgan fingerprint density at radius 2 is 2.21 bits per heavy atom. The number of piperazine rings is 1. The highest BCUT2D eigenvalue weighted by Crippen LogP contribution is 2.12. The van der Waals surface area contributed by atoms with Crippen LogP contribution in [0.2, 0.25) is 0 Å². The van der Waals surface area contributed by atoms with Crippen LogP contribution in [0.15, 0.2) is 18.2 Å². The predicted octanol–water partition coefficient (Wildman–Crippen LogP) is 1.75. The van der Waals surface area contributed by atoms with Crippen LogP contribution in [-0.2, 0) is 11.2 Å². The van der Waals surface area contributed by atoms with Crippen LogP contribution in [0.3, 0.4) is 0 Å². The zero-order valence-corrected chi connectivity index (χ0v) is 11.5. The van der Waals surface area contributed by atoms with Gasteiger partial charge in [-0.05, 0) is 18.6 Å². The summed E-state index contributed by atoms with van der Waals surface area (Å²) in [6.07, 6.45) is -0.0150. The normalized spacial score (nSPS) is 18.9. The molecule has 6 heteroatoms. The number of benzene rings is 1. The maximum absolute atomic E-state index is 13.4. The van der Waals surface area contributed by atoms with Crippen molar-refractivity contribution in [3.63, 3.8) is 0 Å². The quantitative estimate of drug-likeness (QED) is 0.900. The summed E-state index contributed by atoms with van der Waals surface area (Å²) in [5.74, 6) is -1.40. The molecule has 1 atom stereocenters. The molecule has 1 aliphatic heterocycles. The Labute approximate surface area is 117 Å². The predicted molar refractivity (Wildman–Crippen MR) is 71.4 cm³/mol. The molecule has 1 aromatic rings. The van der Waals surface area contributed by atoms with E-state index in [2.05, 4.69) is 5.32 Å². The molecule has 3 nitrogen and oxygen atoms in total. The Morgan fingerprint density at radius 3 is 2.84 bits per heavy atom. The first-order chi connectivity index (χ1) is 8.56. The van der Waals surface area contributed by atoms with E-state index in [-0.39, 0.29) is 36.3 Å². The molecule has 0 aromatic heterocycles. The molecule has 1 fully saturated rings. The van der Waals surface area contributed by atoms with E-state index >= 15 is 0 Å². The number of rotatable bonds is 2. The van der Waals surface area contributed by atoms with Crippen molar-refractivity contribution >= 4 is 18.3 Å². The van der Waals surface area contributed by atoms with E-state index in [1.54, 1.807) is 4.90 Å². The van der Waals surface area contributed by atoms with Gasteiger partial charge in [-0.15, -0.1) is 12.4 Å². The zero-order valence-electron chi connectivity index (χ0n) is 10.7. The van der Waals surface area contributed by atoms with Crippen LogP contribution in [0.1, 0.15) is 12.5 Å². The summed E-state index contributed by atoms with van der Waals surface area (Å²) in [6, 6.07) is 3.56. The number of halogens is 3. The van der Waals surface area contributed by atoms with Gasteiger partial charge in [-0.3, -0.25) is 4.79 Å². The van der Waals surface area contributed by atoms with Crippen molar-refractivity contribution in [3.05, 3.63) is 35.4 Å². The Hall–Kier alpha value is -1.20. The molecule has 1 N–H and O–H groups in total. The van der Waals surface area contributed by atoms with Gasteiger partial charge in [0, 0.05) is 31.7 Å². The number of nitrogens with one attached hydrogen (secondary N) is 1. The summed E-state index contributed by atoms with van der Waals surface area (Å²) in [5, 5.41) is 3.23. The minimum absolute atomic E-state index is 0. The van der Waals surface area contributed by atoms with Gasteiger partial charge in [0.25, 0.3) is 0 Å². The number of amides is 1. The zero-order chi connectivity index (χ0) is 13.1. The molecule has 1 amide bonds. The average molecular weight is 291 g/mol. The molecule has 0 spiro atoms. The number of carbonyl (C=O) groups excluding carboxylic acids is 1. The summed E-state index contributed by atoms with van der Waals surface area (Å²) < 4.78 is 26.2. The van der Waals surface area contributed by atoms with Gasteiger partial charge < -0.3 is 10.2 Å². The van der Waals surface area contributed by atoms with Gasteiger partial charge in [-0.2, -0.15) is 0 Å². The van der Waals surface area contributed by atoms with E-state index in [1.807, 2.05) is 6.92 Å². The molecular weight excluding hydrogens is 274 g/mol. The minimum Gasteiger partial charge on any atom is -0.340 e. The molecule has 0 radical (unpaired) electrons. The minimum atomic E-state index is -0.661. The highest BCUT2D eigenvalue weighted by atomic mass is 35.5. The maximum Gasteiger partial charge on any atom is 0.227 e. The smallest absolute Gasteiger partial charge is 0.227 e. The summed E-state index contributed by atoms with van der Waals surface area (Å²) in [6.45, 7) is 4.00. The van der Waals surface area contributed by atoms with Crippen molar-refractivity contribution in [2.45, 2.75) is 19.4 Å². The molecule has 1 saturated heterocycles. The van der Waals surface area contributed by atoms with Crippen molar-refractivity contribution < 1.29 is 13.6 Å². The Balaban J connectivity index is 0.00000180. The fourth-order valence-corrected chi connectivity index (χ4v) is 2.10. The van der Waals surface area contributed by atoms with Crippen LogP contribution >= 0.6 is 12.4 Å². The van der Waals surface area contributed by atoms with E-state index in [1.165, 1.54) is 12.1 Å². The fourth-order valence-electron chi connectivity index (χ4n) is 2.10. The first-order valence-corrected chi connectivity index (χ1v) is 6.01. The number of carbonyl (C=O) groups is 1. The van der Waals surface area contributed by atoms with Crippen molar-refractivity contribution in [2.75, 3.05) is 19.6 Å². The van der Waals surface area contributed by atoms with Crippen LogP contribution in [0, 0.1) is 11.6 Å². The van der Waals surface area contributed by atoms with Crippen molar-refractivity contribution in [1.29, 1.82) is 0 Å². The van der Waals surface area contributed by atoms with Gasteiger partial charge >= 0.3 is 0 Å². The molecule has 19 heavy (non-hydrogen) atoms. The monoisotopic (exact) mass is 290 g/mol. The summed E-state index contributed by atoms with van der Waals surface area (Å²) in [4.78, 5) is 13.7. The second kappa shape index (κ2) is 6.82. The third kappa shape index (κ3) is 4.14. The third-order valence-corrected chi connectivity index (χ3v) is 3.08. The molecule has 0 aliphatic carbocycles. The van der Waals surface area contributed by atoms with E-state index in [4.69, 9.17) is 0 Å². The summed E-state index contributed by atoms with van der Waals surface area (Å²) in [7, 11) is 0. The SMILES string of the molecule is C[C@@H]1CN(C(=O)Cc2ccc(F)cc2F)CCN1.Cl. The first-order valence-electron chi connectivity index (χ1n) is 6.01. The van der Waals surface area contributed by atoms with E-state index in [0.29, 0.717) is 13.1 Å². The van der Waals surface area contributed by atoms with Crippen LogP contribution in [0.4, 0.5) is 8.78 Å². The fraction of sp³-hybridized carbons (Fsp3) is 0.462. The second-order valence-corrected chi connectivity index (χ2v) is 4.61. The van der Waals surface area contributed by atoms with Gasteiger partial charge in [0.2, 0.25) is 5.91 Å². The molecule has 2 rings (SSSR count). The largest absolute Gasteiger partial charge is 0.340 e. The van der Waals surface area contributed by atoms with Crippen molar-refractivity contribution in [1.82, 2.24) is 10.2 Å². The summed E-state index contributed by atoms with van der Waals surface area (Å²) >= 11 is 0. The lowest BCUT2D eigenvalue weighted by Crippen LogP contribution is -2.51. The summed E-state index contributed by atoms with van der Waals surface area (Å²) in [5.41, 5.74) is 0.243. The van der Waals surface area contributed by atoms with E-state index < -0.39 is 11.6 Å². The third-order valence-electron chi connectivity index (χ3n) is 3.08. The maximum atomic E-state index is 13.4. The standard InChI is InChI=1S/C13H16F2N2O.ClH/c1-9-8-17(5-4-16-9)13(18)6-10-2-3-11(14)7-12(10)15;/h2-3,7,9,16H,4-6,8H2,1H3;1H/t9-;/m1./s1. The van der Waals surface area contributed by atoms with Crippen molar-refractivity contribution in [2.24, 2.45) is 0 Å². The van der Waals surface area contributed by atoms with Gasteiger partial charge in [-0.1, -0.05) is 6.07 Å². The van der Waals surface area contributed by atoms with E-state index in [0.717, 1.165) is 12.6 Å². The van der Waals surface area contributed by atoms with Crippen LogP contribution < -0.4 is 5.32 Å². The molecule has 1 aromatic carbocycles. The highest BCUT2D eigenvalue weighted by molar-refractivity contribution is 5.85. The lowest BCUT2D eigenvalue weighted by molar-refractivity contribution is -0.131. The van der Waals surface area contributed by atoms with Gasteiger partial charge in [0.1, 0.15) is 11.6 Å². The second-order valence-electron chi connectivity index (χ2n) is 4.61. The Kier molecular flexibility index (Phi) is 5.69. The molecule has 1 heterocycles. The molecule has 106 valence electrons. The lowest BCUT2D eigenvalue weighted by Gasteiger charge is -2.32. The molecule has 0 unspecified atom stereocenters. The Morgan fingerprint density at radius 1 is 1.47 bits per heavy atom. The Bertz CT molecular complexity index is 456. The topological polar surface area (TPSA) is 32.3 Å². The molecule has 0 saturated carbocycles. The number of hydrogen-bond acceptors (Lipinski definition) is 2. The van der Waals surface area contributed by atoms with Crippen LogP contribution in [0.5, 0.6) is 0 Å². The molecule has 1 aliphatic rings. The number of nitrogens with zero attached hydrogens (tertiary/aromatic N) is 1. The lowest BCUT2D eigenvalue weighted by atomic mass is 10.1. The van der Waals surface area contributed by atoms with Gasteiger partial charge in [-0.25, -0.2) is 8.78 Å². The first kappa shape index (κ1) is 15.9. The van der Waals surface area contributed by atoms with Crippen LogP contribution in [-0.4, -0.2) is 36.5 Å². The van der Waals surface area contributed by atoms with Crippen LogP contribution in [0.25, 0.3) is 0 Å². The molecular formula is C13H17ClF2N2O. The van der Waals surface area contributed by atoms with Crippen molar-refractivity contribution in [3.8, 4) is 0 Å². The van der Waals surface area contributed by atoms with Gasteiger partial charge in [0.05, 0.1) is 6.42 Å². The highest BCUT2D eigenvalue weighted by Gasteiger charge is 2.21. The number of hydrogen-bond donors (Lipinski definition) is 1. The van der Waals surface area contributed by atoms with E-state index in [9.17, 15) is 13.6 Å².